The van der Waals surface area contributed by atoms with Crippen LogP contribution in [0.3, 0.4) is 0 Å². The number of unbranched alkanes of at least 4 members (excludes halogenated alkanes) is 5. The Morgan fingerprint density at radius 1 is 0.920 bits per heavy atom. The first-order valence-corrected chi connectivity index (χ1v) is 12.2. The number of ether oxygens (including phenoxy) is 1. The molecule has 0 radical (unpaired) electrons. The monoisotopic (exact) mass is 530 g/mol. The molecule has 2 aromatic heterocycles. The number of hydrogen-bond acceptors (Lipinski definition) is 3. The van der Waals surface area contributed by atoms with Crippen molar-refractivity contribution < 1.29 is 22.9 Å². The van der Waals surface area contributed by atoms with Gasteiger partial charge in [0, 0.05) is 17.0 Å². The summed E-state index contributed by atoms with van der Waals surface area (Å²) in [5.41, 5.74) is 1.89. The van der Waals surface area contributed by atoms with E-state index >= 15 is 0 Å². The van der Waals surface area contributed by atoms with Gasteiger partial charge in [-0.15, -0.1) is 0 Å². The predicted molar refractivity (Wildman–Crippen MR) is 102 cm³/mol. The van der Waals surface area contributed by atoms with Gasteiger partial charge < -0.3 is 4.74 Å². The molecule has 134 valence electrons. The second-order valence-electron chi connectivity index (χ2n) is 6.00. The van der Waals surface area contributed by atoms with Crippen LogP contribution in [0.1, 0.15) is 45.4 Å². The molecule has 0 saturated heterocycles. The van der Waals surface area contributed by atoms with Crippen LogP contribution in [-0.2, 0) is 18.2 Å². The first-order chi connectivity index (χ1) is 12.4. The fourth-order valence-corrected chi connectivity index (χ4v) is 2.87. The van der Waals surface area contributed by atoms with Gasteiger partial charge in [0.1, 0.15) is 5.75 Å². The van der Waals surface area contributed by atoms with Crippen LogP contribution >= 0.6 is 9.53 Å². The summed E-state index contributed by atoms with van der Waals surface area (Å²) in [6.45, 7) is 3.01. The molecule has 0 fully saturated rings. The van der Waals surface area contributed by atoms with Gasteiger partial charge in [0.25, 0.3) is 0 Å². The van der Waals surface area contributed by atoms with Gasteiger partial charge in [-0.3, -0.25) is 9.97 Å². The standard InChI is InChI=1S/C20H24N2O.ClH.Re/c1-2-3-4-5-6-7-13-23-18-14-17-11-10-16-9-8-12-21-19(16)20(17)22-15-18;;/h8-12,14-15H,2-7,13H2,1H3;1H;/q;;+1/p-1. The van der Waals surface area contributed by atoms with Crippen molar-refractivity contribution in [3.63, 3.8) is 0 Å². The van der Waals surface area contributed by atoms with E-state index in [1.807, 2.05) is 18.5 Å². The molecular formula is C20H24ClN2ORe. The summed E-state index contributed by atoms with van der Waals surface area (Å²) in [5.74, 6) is 0.848. The number of aromatic nitrogens is 2. The molecule has 0 bridgehead atoms. The topological polar surface area (TPSA) is 35.0 Å². The molecule has 3 rings (SSSR count). The Morgan fingerprint density at radius 2 is 1.64 bits per heavy atom. The van der Waals surface area contributed by atoms with Crippen molar-refractivity contribution >= 4 is 31.3 Å². The molecule has 1 aromatic carbocycles. The van der Waals surface area contributed by atoms with Gasteiger partial charge in [-0.05, 0) is 18.6 Å². The van der Waals surface area contributed by atoms with Gasteiger partial charge in [0.2, 0.25) is 0 Å². The first kappa shape index (κ1) is 20.1. The van der Waals surface area contributed by atoms with Gasteiger partial charge in [-0.2, -0.15) is 0 Å². The summed E-state index contributed by atoms with van der Waals surface area (Å²) in [6, 6.07) is 10.2. The SMILES string of the molecule is CCCCCCCCOc1cnc2c(ccc3cccnc32)c1.[Cl][Re]. The normalized spacial score (nSPS) is 10.5. The molecule has 0 N–H and O–H groups in total. The molecule has 0 aliphatic heterocycles. The Morgan fingerprint density at radius 3 is 2.48 bits per heavy atom. The third kappa shape index (κ3) is 5.92. The fourth-order valence-electron chi connectivity index (χ4n) is 2.87. The Kier molecular flexibility index (Phi) is 9.18. The van der Waals surface area contributed by atoms with Gasteiger partial charge >= 0.3 is 27.7 Å². The fraction of sp³-hybridized carbons (Fsp3) is 0.400. The van der Waals surface area contributed by atoms with Crippen LogP contribution in [0.25, 0.3) is 21.8 Å². The number of halogens is 1. The second kappa shape index (κ2) is 11.4. The van der Waals surface area contributed by atoms with Gasteiger partial charge in [0.15, 0.2) is 0 Å². The van der Waals surface area contributed by atoms with Crippen LogP contribution < -0.4 is 4.74 Å². The second-order valence-corrected chi connectivity index (χ2v) is 6.00. The Labute approximate surface area is 164 Å². The van der Waals surface area contributed by atoms with E-state index in [1.165, 1.54) is 50.3 Å². The van der Waals surface area contributed by atoms with Crippen molar-refractivity contribution in [2.24, 2.45) is 0 Å². The van der Waals surface area contributed by atoms with Crippen molar-refractivity contribution in [3.8, 4) is 5.75 Å². The van der Waals surface area contributed by atoms with E-state index in [1.54, 1.807) is 0 Å². The zero-order chi connectivity index (χ0) is 17.9. The molecule has 2 heterocycles. The summed E-state index contributed by atoms with van der Waals surface area (Å²) >= 11 is 1.19. The molecule has 3 nitrogen and oxygen atoms in total. The van der Waals surface area contributed by atoms with Crippen molar-refractivity contribution in [2.45, 2.75) is 45.4 Å². The number of rotatable bonds is 8. The maximum absolute atomic E-state index is 5.85. The third-order valence-electron chi connectivity index (χ3n) is 4.16. The van der Waals surface area contributed by atoms with Crippen molar-refractivity contribution in [1.29, 1.82) is 0 Å². The van der Waals surface area contributed by atoms with E-state index in [-0.39, 0.29) is 0 Å². The minimum absolute atomic E-state index is 0.769. The third-order valence-corrected chi connectivity index (χ3v) is 4.16. The molecule has 5 heteroatoms. The zero-order valence-corrected chi connectivity index (χ0v) is 18.0. The number of hydrogen-bond donors (Lipinski definition) is 0. The summed E-state index contributed by atoms with van der Waals surface area (Å²) in [6.07, 6.45) is 11.3. The molecule has 3 aromatic rings. The molecule has 0 spiro atoms. The molecule has 0 atom stereocenters. The molecule has 0 saturated carbocycles. The van der Waals surface area contributed by atoms with E-state index in [9.17, 15) is 0 Å². The molecule has 0 aliphatic carbocycles. The van der Waals surface area contributed by atoms with E-state index in [4.69, 9.17) is 14.3 Å². The summed E-state index contributed by atoms with van der Waals surface area (Å²) < 4.78 is 5.85. The maximum atomic E-state index is 5.85. The number of fused-ring (bicyclic) bond motifs is 3. The molecule has 0 aliphatic rings. The number of benzene rings is 1. The van der Waals surface area contributed by atoms with Crippen LogP contribution in [0.2, 0.25) is 0 Å². The Balaban J connectivity index is 0.00000109. The predicted octanol–water partition coefficient (Wildman–Crippen LogP) is 6.21. The van der Waals surface area contributed by atoms with Crippen LogP contribution in [0.5, 0.6) is 5.75 Å². The molecule has 0 unspecified atom stereocenters. The van der Waals surface area contributed by atoms with E-state index < -0.39 is 0 Å². The number of pyridine rings is 2. The summed E-state index contributed by atoms with van der Waals surface area (Å²) in [4.78, 5) is 9.01. The minimum atomic E-state index is 0.769. The Bertz CT molecular complexity index is 782. The first-order valence-electron chi connectivity index (χ1n) is 8.79. The van der Waals surface area contributed by atoms with Gasteiger partial charge in [0.05, 0.1) is 23.8 Å². The van der Waals surface area contributed by atoms with Gasteiger partial charge in [-0.1, -0.05) is 57.2 Å². The number of nitrogens with zero attached hydrogens (tertiary/aromatic N) is 2. The average Bonchev–Trinajstić information content (AvgIpc) is 2.68. The van der Waals surface area contributed by atoms with E-state index in [0.717, 1.165) is 40.6 Å². The van der Waals surface area contributed by atoms with Crippen molar-refractivity contribution in [3.05, 3.63) is 42.7 Å². The van der Waals surface area contributed by atoms with Crippen LogP contribution in [0.4, 0.5) is 0 Å². The van der Waals surface area contributed by atoms with Crippen molar-refractivity contribution in [1.82, 2.24) is 9.97 Å². The van der Waals surface area contributed by atoms with Crippen LogP contribution in [0.15, 0.2) is 42.7 Å². The average molecular weight is 530 g/mol. The van der Waals surface area contributed by atoms with E-state index in [0.29, 0.717) is 0 Å². The molecule has 0 amide bonds. The van der Waals surface area contributed by atoms with Crippen LogP contribution in [0, 0.1) is 0 Å². The van der Waals surface area contributed by atoms with Crippen molar-refractivity contribution in [2.75, 3.05) is 6.61 Å². The molecular weight excluding hydrogens is 506 g/mol. The van der Waals surface area contributed by atoms with E-state index in [2.05, 4.69) is 41.2 Å². The molecule has 25 heavy (non-hydrogen) atoms. The Hall–Kier alpha value is -1.21. The van der Waals surface area contributed by atoms with Crippen LogP contribution in [-0.4, -0.2) is 16.6 Å². The quantitative estimate of drug-likeness (QED) is 0.257. The summed E-state index contributed by atoms with van der Waals surface area (Å²) in [7, 11) is 4.69. The zero-order valence-electron chi connectivity index (χ0n) is 14.5. The van der Waals surface area contributed by atoms with Gasteiger partial charge in [-0.25, -0.2) is 0 Å². The summed E-state index contributed by atoms with van der Waals surface area (Å²) in [5, 5.41) is 2.20.